The predicted octanol–water partition coefficient (Wildman–Crippen LogP) is 3.32. The van der Waals surface area contributed by atoms with E-state index in [9.17, 15) is 4.79 Å². The molecule has 0 aliphatic heterocycles. The van der Waals surface area contributed by atoms with Gasteiger partial charge in [-0.05, 0) is 49.2 Å². The van der Waals surface area contributed by atoms with Gasteiger partial charge in [0.2, 0.25) is 0 Å². The fourth-order valence-corrected chi connectivity index (χ4v) is 2.51. The molecule has 0 saturated heterocycles. The van der Waals surface area contributed by atoms with E-state index in [4.69, 9.17) is 4.74 Å². The molecule has 0 heterocycles. The van der Waals surface area contributed by atoms with E-state index in [-0.39, 0.29) is 29.9 Å². The SMILES string of the molecule is CCNC(=O)c1cccc(CN=C(NCC)NCc2ccc(OC)cc2)c1.I. The van der Waals surface area contributed by atoms with Crippen LogP contribution in [0, 0.1) is 0 Å². The fourth-order valence-electron chi connectivity index (χ4n) is 2.51. The molecule has 0 saturated carbocycles. The molecule has 0 radical (unpaired) electrons. The average Bonchev–Trinajstić information content (AvgIpc) is 2.71. The minimum Gasteiger partial charge on any atom is -0.497 e. The second kappa shape index (κ2) is 13.0. The number of ether oxygens (including phenoxy) is 1. The van der Waals surface area contributed by atoms with Crippen LogP contribution in [0.2, 0.25) is 0 Å². The van der Waals surface area contributed by atoms with Gasteiger partial charge in [-0.3, -0.25) is 4.79 Å². The Balaban J connectivity index is 0.00000392. The van der Waals surface area contributed by atoms with Gasteiger partial charge in [-0.2, -0.15) is 0 Å². The first-order valence-electron chi connectivity index (χ1n) is 9.18. The van der Waals surface area contributed by atoms with Gasteiger partial charge in [-0.25, -0.2) is 4.99 Å². The Labute approximate surface area is 184 Å². The monoisotopic (exact) mass is 496 g/mol. The van der Waals surface area contributed by atoms with Gasteiger partial charge >= 0.3 is 0 Å². The Hall–Kier alpha value is -2.29. The highest BCUT2D eigenvalue weighted by Crippen LogP contribution is 2.11. The molecule has 3 N–H and O–H groups in total. The molecule has 2 aromatic carbocycles. The lowest BCUT2D eigenvalue weighted by molar-refractivity contribution is 0.0955. The first-order chi connectivity index (χ1) is 13.2. The molecular weight excluding hydrogens is 467 g/mol. The van der Waals surface area contributed by atoms with Crippen molar-refractivity contribution in [2.45, 2.75) is 26.9 Å². The van der Waals surface area contributed by atoms with E-state index in [1.807, 2.05) is 62.4 Å². The van der Waals surface area contributed by atoms with Crippen LogP contribution in [0.1, 0.15) is 35.3 Å². The summed E-state index contributed by atoms with van der Waals surface area (Å²) in [6.45, 7) is 6.47. The lowest BCUT2D eigenvalue weighted by Crippen LogP contribution is -2.36. The molecular formula is C21H29IN4O2. The van der Waals surface area contributed by atoms with Crippen LogP contribution in [0.4, 0.5) is 0 Å². The van der Waals surface area contributed by atoms with Crippen molar-refractivity contribution in [3.63, 3.8) is 0 Å². The highest BCUT2D eigenvalue weighted by molar-refractivity contribution is 14.0. The van der Waals surface area contributed by atoms with Crippen LogP contribution < -0.4 is 20.7 Å². The summed E-state index contributed by atoms with van der Waals surface area (Å²) in [5, 5.41) is 9.37. The van der Waals surface area contributed by atoms with Crippen LogP contribution in [0.3, 0.4) is 0 Å². The van der Waals surface area contributed by atoms with Gasteiger partial charge < -0.3 is 20.7 Å². The summed E-state index contributed by atoms with van der Waals surface area (Å²) in [5.74, 6) is 1.51. The first kappa shape index (κ1) is 23.7. The van der Waals surface area contributed by atoms with Crippen molar-refractivity contribution < 1.29 is 9.53 Å². The number of hydrogen-bond acceptors (Lipinski definition) is 3. The molecule has 2 rings (SSSR count). The Bertz CT molecular complexity index is 763. The zero-order valence-corrected chi connectivity index (χ0v) is 18.9. The summed E-state index contributed by atoms with van der Waals surface area (Å²) in [6, 6.07) is 15.5. The number of carbonyl (C=O) groups excluding carboxylic acids is 1. The maximum absolute atomic E-state index is 12.0. The molecule has 0 spiro atoms. The zero-order chi connectivity index (χ0) is 19.5. The number of benzene rings is 2. The topological polar surface area (TPSA) is 74.8 Å². The van der Waals surface area contributed by atoms with E-state index in [0.29, 0.717) is 25.2 Å². The molecule has 0 aromatic heterocycles. The zero-order valence-electron chi connectivity index (χ0n) is 16.6. The number of rotatable bonds is 8. The van der Waals surface area contributed by atoms with Crippen molar-refractivity contribution in [3.8, 4) is 5.75 Å². The Morgan fingerprint density at radius 1 is 0.964 bits per heavy atom. The van der Waals surface area contributed by atoms with E-state index in [0.717, 1.165) is 29.4 Å². The Morgan fingerprint density at radius 2 is 1.68 bits per heavy atom. The highest BCUT2D eigenvalue weighted by Gasteiger charge is 2.05. The van der Waals surface area contributed by atoms with Gasteiger partial charge in [0.1, 0.15) is 5.75 Å². The molecule has 0 atom stereocenters. The van der Waals surface area contributed by atoms with Crippen LogP contribution in [0.5, 0.6) is 5.75 Å². The molecule has 0 aliphatic rings. The second-order valence-corrected chi connectivity index (χ2v) is 5.96. The highest BCUT2D eigenvalue weighted by atomic mass is 127. The smallest absolute Gasteiger partial charge is 0.251 e. The molecule has 0 unspecified atom stereocenters. The summed E-state index contributed by atoms with van der Waals surface area (Å²) < 4.78 is 5.18. The molecule has 6 nitrogen and oxygen atoms in total. The molecule has 2 aromatic rings. The van der Waals surface area contributed by atoms with Gasteiger partial charge in [0.05, 0.1) is 13.7 Å². The summed E-state index contributed by atoms with van der Waals surface area (Å²) >= 11 is 0. The number of guanidine groups is 1. The molecule has 152 valence electrons. The van der Waals surface area contributed by atoms with Crippen LogP contribution in [-0.2, 0) is 13.1 Å². The minimum atomic E-state index is -0.0622. The predicted molar refractivity (Wildman–Crippen MR) is 125 cm³/mol. The lowest BCUT2D eigenvalue weighted by atomic mass is 10.1. The number of halogens is 1. The van der Waals surface area contributed by atoms with Crippen LogP contribution >= 0.6 is 24.0 Å². The summed E-state index contributed by atoms with van der Waals surface area (Å²) in [7, 11) is 1.66. The number of amides is 1. The van der Waals surface area contributed by atoms with E-state index in [1.54, 1.807) is 7.11 Å². The van der Waals surface area contributed by atoms with Crippen LogP contribution in [0.25, 0.3) is 0 Å². The van der Waals surface area contributed by atoms with E-state index >= 15 is 0 Å². The third-order valence-electron chi connectivity index (χ3n) is 3.91. The number of methoxy groups -OCH3 is 1. The molecule has 0 bridgehead atoms. The molecule has 7 heteroatoms. The van der Waals surface area contributed by atoms with Crippen LogP contribution in [0.15, 0.2) is 53.5 Å². The quantitative estimate of drug-likeness (QED) is 0.298. The third-order valence-corrected chi connectivity index (χ3v) is 3.91. The Morgan fingerprint density at radius 3 is 2.32 bits per heavy atom. The van der Waals surface area contributed by atoms with Crippen molar-refractivity contribution >= 4 is 35.8 Å². The fraction of sp³-hybridized carbons (Fsp3) is 0.333. The maximum Gasteiger partial charge on any atom is 0.251 e. The van der Waals surface area contributed by atoms with Gasteiger partial charge in [0, 0.05) is 25.2 Å². The molecule has 0 fully saturated rings. The standard InChI is InChI=1S/C21H28N4O2.HI/c1-4-22-20(26)18-8-6-7-17(13-18)15-25-21(23-5-2)24-14-16-9-11-19(27-3)12-10-16;/h6-13H,4-5,14-15H2,1-3H3,(H,22,26)(H2,23,24,25);1H. The van der Waals surface area contributed by atoms with Crippen molar-refractivity contribution in [1.82, 2.24) is 16.0 Å². The Kier molecular flexibility index (Phi) is 11.0. The van der Waals surface area contributed by atoms with Crippen molar-refractivity contribution in [2.24, 2.45) is 4.99 Å². The number of carbonyl (C=O) groups is 1. The number of nitrogens with zero attached hydrogens (tertiary/aromatic N) is 1. The van der Waals surface area contributed by atoms with Crippen molar-refractivity contribution in [2.75, 3.05) is 20.2 Å². The van der Waals surface area contributed by atoms with Gasteiger partial charge in [-0.15, -0.1) is 24.0 Å². The van der Waals surface area contributed by atoms with E-state index < -0.39 is 0 Å². The summed E-state index contributed by atoms with van der Waals surface area (Å²) in [6.07, 6.45) is 0. The lowest BCUT2D eigenvalue weighted by Gasteiger charge is -2.12. The largest absolute Gasteiger partial charge is 0.497 e. The average molecular weight is 496 g/mol. The summed E-state index contributed by atoms with van der Waals surface area (Å²) in [4.78, 5) is 16.6. The maximum atomic E-state index is 12.0. The normalized spacial score (nSPS) is 10.6. The van der Waals surface area contributed by atoms with Crippen molar-refractivity contribution in [1.29, 1.82) is 0 Å². The van der Waals surface area contributed by atoms with Gasteiger partial charge in [-0.1, -0.05) is 24.3 Å². The van der Waals surface area contributed by atoms with Gasteiger partial charge in [0.15, 0.2) is 5.96 Å². The molecule has 28 heavy (non-hydrogen) atoms. The minimum absolute atomic E-state index is 0. The van der Waals surface area contributed by atoms with Crippen LogP contribution in [-0.4, -0.2) is 32.1 Å². The van der Waals surface area contributed by atoms with Crippen molar-refractivity contribution in [3.05, 3.63) is 65.2 Å². The molecule has 0 aliphatic carbocycles. The number of nitrogens with one attached hydrogen (secondary N) is 3. The second-order valence-electron chi connectivity index (χ2n) is 5.96. The van der Waals surface area contributed by atoms with Gasteiger partial charge in [0.25, 0.3) is 5.91 Å². The number of hydrogen-bond donors (Lipinski definition) is 3. The number of aliphatic imine (C=N–C) groups is 1. The molecule has 1 amide bonds. The third kappa shape index (κ3) is 7.75. The van der Waals surface area contributed by atoms with E-state index in [1.165, 1.54) is 0 Å². The summed E-state index contributed by atoms with van der Waals surface area (Å²) in [5.41, 5.74) is 2.78. The first-order valence-corrected chi connectivity index (χ1v) is 9.18. The van der Waals surface area contributed by atoms with E-state index in [2.05, 4.69) is 20.9 Å².